The predicted octanol–water partition coefficient (Wildman–Crippen LogP) is 6.99. The number of anilines is 2. The van der Waals surface area contributed by atoms with E-state index in [1.807, 2.05) is 76.9 Å². The molecule has 2 aliphatic rings. The Bertz CT molecular complexity index is 2240. The number of nitrogens with zero attached hydrogens (tertiary/aromatic N) is 6. The van der Waals surface area contributed by atoms with Crippen molar-refractivity contribution < 1.29 is 14.4 Å². The van der Waals surface area contributed by atoms with Crippen molar-refractivity contribution in [1.29, 1.82) is 0 Å². The topological polar surface area (TPSA) is 72.3 Å². The van der Waals surface area contributed by atoms with Crippen LogP contribution in [0.4, 0.5) is 11.4 Å². The maximum Gasteiger partial charge on any atom is 0.259 e. The van der Waals surface area contributed by atoms with Gasteiger partial charge in [0, 0.05) is 93.8 Å². The first-order chi connectivity index (χ1) is 26.9. The van der Waals surface area contributed by atoms with Crippen LogP contribution in [-0.2, 0) is 44.2 Å². The summed E-state index contributed by atoms with van der Waals surface area (Å²) in [5, 5.41) is 0. The largest absolute Gasteiger partial charge is 0.373 e. The Labute approximate surface area is 331 Å². The Hall–Kier alpha value is -5.67. The van der Waals surface area contributed by atoms with E-state index in [2.05, 4.69) is 86.4 Å². The molecule has 290 valence electrons. The minimum absolute atomic E-state index is 0.00493. The quantitative estimate of drug-likeness (QED) is 0.154. The molecule has 0 spiro atoms. The third-order valence-corrected chi connectivity index (χ3v) is 11.8. The lowest BCUT2D eigenvalue weighted by Gasteiger charge is -2.36. The zero-order valence-electron chi connectivity index (χ0n) is 33.9. The van der Waals surface area contributed by atoms with E-state index < -0.39 is 0 Å². The molecular formula is C47H54N6O3. The van der Waals surface area contributed by atoms with E-state index in [4.69, 9.17) is 0 Å². The molecule has 0 radical (unpaired) electrons. The monoisotopic (exact) mass is 750 g/mol. The highest BCUT2D eigenvalue weighted by atomic mass is 16.2. The lowest BCUT2D eigenvalue weighted by Crippen LogP contribution is -2.43. The molecule has 9 heteroatoms. The summed E-state index contributed by atoms with van der Waals surface area (Å²) in [6.07, 6.45) is 1.78. The van der Waals surface area contributed by atoms with Gasteiger partial charge in [-0.1, -0.05) is 54.6 Å². The molecule has 0 saturated heterocycles. The summed E-state index contributed by atoms with van der Waals surface area (Å²) in [6.45, 7) is 7.52. The fourth-order valence-electron chi connectivity index (χ4n) is 8.07. The Morgan fingerprint density at radius 3 is 2.14 bits per heavy atom. The maximum atomic E-state index is 14.9. The van der Waals surface area contributed by atoms with Crippen molar-refractivity contribution in [3.8, 4) is 11.3 Å². The van der Waals surface area contributed by atoms with Crippen molar-refractivity contribution in [2.45, 2.75) is 52.2 Å². The number of hydrogen-bond acceptors (Lipinski definition) is 5. The maximum absolute atomic E-state index is 14.9. The van der Waals surface area contributed by atoms with Crippen LogP contribution in [0.3, 0.4) is 0 Å². The molecule has 0 N–H and O–H groups in total. The number of benzene rings is 4. The summed E-state index contributed by atoms with van der Waals surface area (Å²) < 4.78 is 2.03. The number of para-hydroxylation sites is 1. The van der Waals surface area contributed by atoms with Gasteiger partial charge in [-0.15, -0.1) is 0 Å². The number of hydrogen-bond donors (Lipinski definition) is 0. The van der Waals surface area contributed by atoms with Crippen LogP contribution in [0.5, 0.6) is 0 Å². The highest BCUT2D eigenvalue weighted by Gasteiger charge is 2.32. The summed E-state index contributed by atoms with van der Waals surface area (Å²) in [7, 11) is 9.99. The zero-order chi connectivity index (χ0) is 39.7. The summed E-state index contributed by atoms with van der Waals surface area (Å²) >= 11 is 0. The van der Waals surface area contributed by atoms with E-state index in [0.29, 0.717) is 43.6 Å². The van der Waals surface area contributed by atoms with Crippen molar-refractivity contribution in [3.63, 3.8) is 0 Å². The summed E-state index contributed by atoms with van der Waals surface area (Å²) in [5.41, 5.74) is 11.1. The van der Waals surface area contributed by atoms with Crippen LogP contribution in [0.2, 0.25) is 0 Å². The van der Waals surface area contributed by atoms with Crippen LogP contribution in [0.25, 0.3) is 11.3 Å². The molecule has 3 amide bonds. The van der Waals surface area contributed by atoms with Gasteiger partial charge in [-0.3, -0.25) is 14.4 Å². The summed E-state index contributed by atoms with van der Waals surface area (Å²) in [6, 6.07) is 32.4. The number of carbonyl (C=O) groups excluding carboxylic acids is 3. The molecule has 7 rings (SSSR count). The van der Waals surface area contributed by atoms with E-state index in [1.165, 1.54) is 5.56 Å². The van der Waals surface area contributed by atoms with Crippen LogP contribution < -0.4 is 9.80 Å². The first-order valence-corrected chi connectivity index (χ1v) is 19.7. The van der Waals surface area contributed by atoms with Gasteiger partial charge in [0.15, 0.2) is 0 Å². The number of aromatic nitrogens is 1. The summed E-state index contributed by atoms with van der Waals surface area (Å²) in [5.74, 6) is -0.0777. The van der Waals surface area contributed by atoms with E-state index in [1.54, 1.807) is 11.9 Å². The number of rotatable bonds is 10. The third kappa shape index (κ3) is 7.86. The number of fused-ring (bicyclic) bond motifs is 2. The highest BCUT2D eigenvalue weighted by Crippen LogP contribution is 2.36. The van der Waals surface area contributed by atoms with Gasteiger partial charge >= 0.3 is 0 Å². The molecule has 0 saturated carbocycles. The molecule has 9 nitrogen and oxygen atoms in total. The summed E-state index contributed by atoms with van der Waals surface area (Å²) in [4.78, 5) is 52.6. The van der Waals surface area contributed by atoms with Gasteiger partial charge in [-0.25, -0.2) is 0 Å². The first kappa shape index (κ1) is 38.6. The molecule has 5 aromatic rings. The molecule has 0 bridgehead atoms. The fraction of sp³-hybridized carbons (Fsp3) is 0.340. The average Bonchev–Trinajstić information content (AvgIpc) is 3.51. The lowest BCUT2D eigenvalue weighted by atomic mass is 9.89. The molecule has 2 aliphatic heterocycles. The second-order valence-electron chi connectivity index (χ2n) is 15.8. The van der Waals surface area contributed by atoms with E-state index in [9.17, 15) is 14.4 Å². The Balaban J connectivity index is 1.19. The molecule has 1 aromatic heterocycles. The zero-order valence-corrected chi connectivity index (χ0v) is 33.9. The fourth-order valence-corrected chi connectivity index (χ4v) is 8.07. The number of amides is 3. The van der Waals surface area contributed by atoms with Gasteiger partial charge in [-0.2, -0.15) is 0 Å². The van der Waals surface area contributed by atoms with Gasteiger partial charge in [0.2, 0.25) is 5.91 Å². The normalized spacial score (nSPS) is 15.0. The van der Waals surface area contributed by atoms with E-state index in [-0.39, 0.29) is 23.8 Å². The van der Waals surface area contributed by atoms with Crippen molar-refractivity contribution in [3.05, 3.63) is 142 Å². The third-order valence-electron chi connectivity index (χ3n) is 11.8. The highest BCUT2D eigenvalue weighted by molar-refractivity contribution is 6.08. The van der Waals surface area contributed by atoms with E-state index >= 15 is 0 Å². The van der Waals surface area contributed by atoms with Gasteiger partial charge in [0.05, 0.1) is 12.0 Å². The second kappa shape index (κ2) is 16.2. The smallest absolute Gasteiger partial charge is 0.259 e. The molecule has 0 aliphatic carbocycles. The molecule has 4 aromatic carbocycles. The van der Waals surface area contributed by atoms with Crippen LogP contribution in [0, 0.1) is 6.92 Å². The molecule has 0 fully saturated rings. The first-order valence-electron chi connectivity index (χ1n) is 19.7. The Morgan fingerprint density at radius 1 is 0.732 bits per heavy atom. The van der Waals surface area contributed by atoms with Gasteiger partial charge in [-0.05, 0) is 111 Å². The van der Waals surface area contributed by atoms with Crippen LogP contribution in [0.1, 0.15) is 61.2 Å². The Morgan fingerprint density at radius 2 is 1.43 bits per heavy atom. The van der Waals surface area contributed by atoms with Crippen molar-refractivity contribution in [2.24, 2.45) is 7.05 Å². The lowest BCUT2D eigenvalue weighted by molar-refractivity contribution is -0.131. The SMILES string of the molecule is Cc1c(C(=O)N(C)c2ccccc2)cc(-c2cc3c(cc2C(=O)N2Cc4ccccc4C[C@H]2C)CN(C(=O)Cc2ccc(N(C)CCN(C)C)cc2)CC3)n1C. The number of carbonyl (C=O) groups is 3. The average molecular weight is 751 g/mol. The van der Waals surface area contributed by atoms with E-state index in [0.717, 1.165) is 70.1 Å². The standard InChI is InChI=1S/C47H54N6O3/c1-32-25-35-13-11-12-14-37(35)31-53(32)47(56)43-28-38-30-52(45(54)26-34-17-19-39(20-18-34)49(5)24-23-48(3)4)22-21-36(38)27-42(43)44-29-41(33(2)50(44)6)46(55)51(7)40-15-9-8-10-16-40/h8-20,27-29,32H,21-26,30-31H2,1-7H3/t32-/m1/s1. The minimum atomic E-state index is -0.109. The second-order valence-corrected chi connectivity index (χ2v) is 15.8. The van der Waals surface area contributed by atoms with Crippen molar-refractivity contribution in [1.82, 2.24) is 19.3 Å². The number of likely N-dealkylation sites (N-methyl/N-ethyl adjacent to an activating group) is 2. The Kier molecular flexibility index (Phi) is 11.2. The van der Waals surface area contributed by atoms with Crippen molar-refractivity contribution in [2.75, 3.05) is 57.6 Å². The van der Waals surface area contributed by atoms with Gasteiger partial charge in [0.25, 0.3) is 11.8 Å². The van der Waals surface area contributed by atoms with Gasteiger partial charge in [0.1, 0.15) is 0 Å². The van der Waals surface area contributed by atoms with Gasteiger partial charge < -0.3 is 29.1 Å². The van der Waals surface area contributed by atoms with Crippen LogP contribution in [0.15, 0.2) is 97.1 Å². The van der Waals surface area contributed by atoms with Crippen molar-refractivity contribution >= 4 is 29.1 Å². The molecule has 1 atom stereocenters. The molecule has 0 unspecified atom stereocenters. The molecule has 3 heterocycles. The minimum Gasteiger partial charge on any atom is -0.373 e. The van der Waals surface area contributed by atoms with Crippen LogP contribution >= 0.6 is 0 Å². The molecule has 56 heavy (non-hydrogen) atoms. The predicted molar refractivity (Wildman–Crippen MR) is 225 cm³/mol. The molecular weight excluding hydrogens is 697 g/mol. The van der Waals surface area contributed by atoms with Crippen LogP contribution in [-0.4, -0.2) is 90.9 Å².